The number of hydrogen-bond acceptors (Lipinski definition) is 4. The van der Waals surface area contributed by atoms with Crippen molar-refractivity contribution < 1.29 is 19.1 Å². The van der Waals surface area contributed by atoms with Gasteiger partial charge >= 0.3 is 5.97 Å². The van der Waals surface area contributed by atoms with Crippen molar-refractivity contribution in [1.82, 2.24) is 4.90 Å². The summed E-state index contributed by atoms with van der Waals surface area (Å²) < 4.78 is 5.10. The summed E-state index contributed by atoms with van der Waals surface area (Å²) >= 11 is 5.95. The highest BCUT2D eigenvalue weighted by Crippen LogP contribution is 2.27. The van der Waals surface area contributed by atoms with Gasteiger partial charge in [0, 0.05) is 23.7 Å². The topological polar surface area (TPSA) is 75.7 Å². The molecule has 1 saturated carbocycles. The lowest BCUT2D eigenvalue weighted by Gasteiger charge is -2.20. The third-order valence-electron chi connectivity index (χ3n) is 4.83. The van der Waals surface area contributed by atoms with Crippen LogP contribution in [0.3, 0.4) is 0 Å². The number of rotatable bonds is 8. The van der Waals surface area contributed by atoms with Gasteiger partial charge < -0.3 is 15.0 Å². The Labute approximate surface area is 165 Å². The van der Waals surface area contributed by atoms with Gasteiger partial charge in [0.1, 0.15) is 0 Å². The Morgan fingerprint density at radius 3 is 2.63 bits per heavy atom. The smallest absolute Gasteiger partial charge is 0.306 e. The predicted octanol–water partition coefficient (Wildman–Crippen LogP) is 3.56. The van der Waals surface area contributed by atoms with Gasteiger partial charge in [0.05, 0.1) is 6.54 Å². The number of anilines is 1. The van der Waals surface area contributed by atoms with E-state index < -0.39 is 0 Å². The second kappa shape index (κ2) is 10.3. The Balaban J connectivity index is 1.80. The molecule has 0 unspecified atom stereocenters. The molecule has 7 heteroatoms. The van der Waals surface area contributed by atoms with E-state index in [0.29, 0.717) is 29.6 Å². The summed E-state index contributed by atoms with van der Waals surface area (Å²) in [6.07, 6.45) is 4.78. The molecule has 6 nitrogen and oxygen atoms in total. The minimum Gasteiger partial charge on any atom is -0.456 e. The number of aryl methyl sites for hydroxylation is 1. The molecule has 0 saturated heterocycles. The summed E-state index contributed by atoms with van der Waals surface area (Å²) in [5.41, 5.74) is 1.49. The predicted molar refractivity (Wildman–Crippen MR) is 105 cm³/mol. The number of esters is 1. The van der Waals surface area contributed by atoms with Crippen LogP contribution in [0.2, 0.25) is 5.02 Å². The Bertz CT molecular complexity index is 687. The molecule has 1 aliphatic rings. The van der Waals surface area contributed by atoms with E-state index in [4.69, 9.17) is 16.3 Å². The molecule has 1 N–H and O–H groups in total. The molecule has 0 aromatic heterocycles. The highest BCUT2D eigenvalue weighted by Gasteiger charge is 2.21. The first-order chi connectivity index (χ1) is 12.9. The maximum Gasteiger partial charge on any atom is 0.306 e. The molecular formula is C20H27ClN2O4. The van der Waals surface area contributed by atoms with Crippen LogP contribution in [0.5, 0.6) is 0 Å². The van der Waals surface area contributed by atoms with Gasteiger partial charge in [-0.3, -0.25) is 14.4 Å². The van der Waals surface area contributed by atoms with Crippen LogP contribution < -0.4 is 5.32 Å². The van der Waals surface area contributed by atoms with E-state index in [2.05, 4.69) is 5.32 Å². The largest absolute Gasteiger partial charge is 0.456 e. The van der Waals surface area contributed by atoms with Gasteiger partial charge in [-0.15, -0.1) is 0 Å². The van der Waals surface area contributed by atoms with Crippen LogP contribution in [0.4, 0.5) is 5.69 Å². The van der Waals surface area contributed by atoms with Crippen molar-refractivity contribution >= 4 is 35.1 Å². The van der Waals surface area contributed by atoms with Crippen molar-refractivity contribution in [3.63, 3.8) is 0 Å². The molecule has 0 heterocycles. The standard InChI is InChI=1S/C20H27ClN2O4/c1-3-23(12-18(24)22-17-11-16(21)9-8-14(17)2)19(25)13-27-20(26)10-15-6-4-5-7-15/h8-9,11,15H,3-7,10,12-13H2,1-2H3,(H,22,24). The Morgan fingerprint density at radius 2 is 1.96 bits per heavy atom. The Hall–Kier alpha value is -2.08. The number of halogens is 1. The summed E-state index contributed by atoms with van der Waals surface area (Å²) in [7, 11) is 0. The Morgan fingerprint density at radius 1 is 1.26 bits per heavy atom. The molecule has 27 heavy (non-hydrogen) atoms. The first kappa shape index (κ1) is 21.2. The lowest BCUT2D eigenvalue weighted by atomic mass is 10.0. The fourth-order valence-electron chi connectivity index (χ4n) is 3.21. The lowest BCUT2D eigenvalue weighted by Crippen LogP contribution is -2.40. The average molecular weight is 395 g/mol. The monoisotopic (exact) mass is 394 g/mol. The van der Waals surface area contributed by atoms with Crippen LogP contribution >= 0.6 is 11.6 Å². The van der Waals surface area contributed by atoms with Crippen molar-refractivity contribution in [3.05, 3.63) is 28.8 Å². The Kier molecular flexibility index (Phi) is 8.10. The SMILES string of the molecule is CCN(CC(=O)Nc1cc(Cl)ccc1C)C(=O)COC(=O)CC1CCCC1. The molecule has 0 spiro atoms. The van der Waals surface area contributed by atoms with E-state index in [0.717, 1.165) is 31.2 Å². The van der Waals surface area contributed by atoms with Gasteiger partial charge in [0.15, 0.2) is 6.61 Å². The van der Waals surface area contributed by atoms with E-state index in [9.17, 15) is 14.4 Å². The molecule has 2 amide bonds. The number of ether oxygens (including phenoxy) is 1. The molecule has 0 atom stereocenters. The highest BCUT2D eigenvalue weighted by atomic mass is 35.5. The van der Waals surface area contributed by atoms with Crippen molar-refractivity contribution in [2.24, 2.45) is 5.92 Å². The van der Waals surface area contributed by atoms with Gasteiger partial charge in [0.2, 0.25) is 5.91 Å². The third-order valence-corrected chi connectivity index (χ3v) is 5.06. The second-order valence-electron chi connectivity index (χ2n) is 6.93. The number of nitrogens with zero attached hydrogens (tertiary/aromatic N) is 1. The zero-order valence-electron chi connectivity index (χ0n) is 15.9. The molecule has 1 aromatic carbocycles. The van der Waals surface area contributed by atoms with Gasteiger partial charge in [-0.05, 0) is 50.3 Å². The van der Waals surface area contributed by atoms with Crippen molar-refractivity contribution in [1.29, 1.82) is 0 Å². The molecule has 2 rings (SSSR count). The van der Waals surface area contributed by atoms with E-state index in [1.807, 2.05) is 13.0 Å². The maximum absolute atomic E-state index is 12.3. The quantitative estimate of drug-likeness (QED) is 0.684. The fraction of sp³-hybridized carbons (Fsp3) is 0.550. The van der Waals surface area contributed by atoms with Gasteiger partial charge in [-0.25, -0.2) is 0 Å². The molecule has 1 aliphatic carbocycles. The molecule has 1 fully saturated rings. The number of amides is 2. The number of carbonyl (C=O) groups excluding carboxylic acids is 3. The van der Waals surface area contributed by atoms with Crippen LogP contribution in [0.15, 0.2) is 18.2 Å². The van der Waals surface area contributed by atoms with Gasteiger partial charge in [-0.1, -0.05) is 30.5 Å². The van der Waals surface area contributed by atoms with Gasteiger partial charge in [-0.2, -0.15) is 0 Å². The summed E-state index contributed by atoms with van der Waals surface area (Å²) in [6.45, 7) is 3.54. The number of likely N-dealkylation sites (N-methyl/N-ethyl adjacent to an activating group) is 1. The van der Waals surface area contributed by atoms with Crippen molar-refractivity contribution in [3.8, 4) is 0 Å². The van der Waals surface area contributed by atoms with E-state index in [1.54, 1.807) is 19.1 Å². The summed E-state index contributed by atoms with van der Waals surface area (Å²) in [5, 5.41) is 3.28. The van der Waals surface area contributed by atoms with E-state index in [-0.39, 0.29) is 30.9 Å². The molecular weight excluding hydrogens is 368 g/mol. The number of benzene rings is 1. The summed E-state index contributed by atoms with van der Waals surface area (Å²) in [4.78, 5) is 37.8. The third kappa shape index (κ3) is 6.86. The first-order valence-corrected chi connectivity index (χ1v) is 9.76. The lowest BCUT2D eigenvalue weighted by molar-refractivity contribution is -0.153. The van der Waals surface area contributed by atoms with Crippen molar-refractivity contribution in [2.75, 3.05) is 25.0 Å². The fourth-order valence-corrected chi connectivity index (χ4v) is 3.38. The second-order valence-corrected chi connectivity index (χ2v) is 7.37. The highest BCUT2D eigenvalue weighted by molar-refractivity contribution is 6.31. The van der Waals surface area contributed by atoms with Crippen LogP contribution in [0.1, 0.15) is 44.6 Å². The van der Waals surface area contributed by atoms with Crippen LogP contribution in [-0.2, 0) is 19.1 Å². The maximum atomic E-state index is 12.3. The molecule has 0 aliphatic heterocycles. The number of nitrogens with one attached hydrogen (secondary N) is 1. The van der Waals surface area contributed by atoms with E-state index in [1.165, 1.54) is 4.90 Å². The summed E-state index contributed by atoms with van der Waals surface area (Å²) in [6, 6.07) is 5.22. The van der Waals surface area contributed by atoms with Crippen LogP contribution in [0, 0.1) is 12.8 Å². The minimum atomic E-state index is -0.379. The van der Waals surface area contributed by atoms with E-state index >= 15 is 0 Å². The molecule has 0 bridgehead atoms. The minimum absolute atomic E-state index is 0.110. The molecule has 148 valence electrons. The number of carbonyl (C=O) groups is 3. The molecule has 1 aromatic rings. The summed E-state index contributed by atoms with van der Waals surface area (Å²) in [5.74, 6) is -0.671. The molecule has 0 radical (unpaired) electrons. The van der Waals surface area contributed by atoms with Gasteiger partial charge in [0.25, 0.3) is 5.91 Å². The average Bonchev–Trinajstić information content (AvgIpc) is 3.13. The van der Waals surface area contributed by atoms with Crippen LogP contribution in [0.25, 0.3) is 0 Å². The normalized spacial score (nSPS) is 14.0. The van der Waals surface area contributed by atoms with Crippen LogP contribution in [-0.4, -0.2) is 42.4 Å². The van der Waals surface area contributed by atoms with Crippen molar-refractivity contribution in [2.45, 2.75) is 46.0 Å². The first-order valence-electron chi connectivity index (χ1n) is 9.38. The zero-order chi connectivity index (χ0) is 19.8. The zero-order valence-corrected chi connectivity index (χ0v) is 16.7. The number of hydrogen-bond donors (Lipinski definition) is 1.